The zero-order valence-corrected chi connectivity index (χ0v) is 17.6. The van der Waals surface area contributed by atoms with Gasteiger partial charge in [0, 0.05) is 19.0 Å². The molecule has 0 radical (unpaired) electrons. The summed E-state index contributed by atoms with van der Waals surface area (Å²) in [5.74, 6) is 0.177. The summed E-state index contributed by atoms with van der Waals surface area (Å²) in [5.41, 5.74) is 3.15. The molecule has 5 heteroatoms. The lowest BCUT2D eigenvalue weighted by Gasteiger charge is -2.32. The van der Waals surface area contributed by atoms with E-state index in [4.69, 9.17) is 27.9 Å². The molecule has 27 heavy (non-hydrogen) atoms. The van der Waals surface area contributed by atoms with E-state index in [0.717, 1.165) is 18.4 Å². The molecule has 0 aliphatic heterocycles. The number of amides is 1. The van der Waals surface area contributed by atoms with E-state index in [-0.39, 0.29) is 18.1 Å². The summed E-state index contributed by atoms with van der Waals surface area (Å²) in [5, 5.41) is 1.10. The Morgan fingerprint density at radius 3 is 2.52 bits per heavy atom. The molecule has 0 unspecified atom stereocenters. The van der Waals surface area contributed by atoms with E-state index in [1.165, 1.54) is 11.1 Å². The molecule has 144 valence electrons. The van der Waals surface area contributed by atoms with Crippen LogP contribution in [0.2, 0.25) is 10.0 Å². The van der Waals surface area contributed by atoms with Gasteiger partial charge in [-0.15, -0.1) is 0 Å². The van der Waals surface area contributed by atoms with Gasteiger partial charge < -0.3 is 9.64 Å². The Kier molecular flexibility index (Phi) is 5.73. The number of hydrogen-bond donors (Lipinski definition) is 0. The van der Waals surface area contributed by atoms with Crippen molar-refractivity contribution >= 4 is 29.3 Å². The number of hydrogen-bond acceptors (Lipinski definition) is 2. The summed E-state index contributed by atoms with van der Waals surface area (Å²) in [7, 11) is 1.83. The molecular weight excluding hydrogens is 381 g/mol. The third-order valence-electron chi connectivity index (χ3n) is 4.97. The molecular formula is C22H25Cl2NO2. The Morgan fingerprint density at radius 1 is 1.15 bits per heavy atom. The highest BCUT2D eigenvalue weighted by molar-refractivity contribution is 6.42. The predicted octanol–water partition coefficient (Wildman–Crippen LogP) is 6.11. The number of ether oxygens (including phenoxy) is 1. The highest BCUT2D eigenvalue weighted by atomic mass is 35.5. The maximum atomic E-state index is 12.7. The van der Waals surface area contributed by atoms with Crippen molar-refractivity contribution in [2.24, 2.45) is 0 Å². The predicted molar refractivity (Wildman–Crippen MR) is 111 cm³/mol. The molecule has 0 saturated heterocycles. The van der Waals surface area contributed by atoms with E-state index in [1.807, 2.05) is 52.1 Å². The van der Waals surface area contributed by atoms with Crippen molar-refractivity contribution in [3.8, 4) is 0 Å². The highest BCUT2D eigenvalue weighted by Gasteiger charge is 2.38. The van der Waals surface area contributed by atoms with Gasteiger partial charge in [-0.25, -0.2) is 4.79 Å². The summed E-state index contributed by atoms with van der Waals surface area (Å²) in [4.78, 5) is 14.4. The molecule has 0 heterocycles. The third-order valence-corrected chi connectivity index (χ3v) is 5.71. The lowest BCUT2D eigenvalue weighted by Crippen LogP contribution is -2.43. The molecule has 3 nitrogen and oxygen atoms in total. The summed E-state index contributed by atoms with van der Waals surface area (Å²) in [6.45, 7) is 5.65. The number of benzene rings is 2. The van der Waals surface area contributed by atoms with Gasteiger partial charge in [-0.2, -0.15) is 0 Å². The monoisotopic (exact) mass is 405 g/mol. The van der Waals surface area contributed by atoms with Gasteiger partial charge in [-0.05, 0) is 62.4 Å². The molecule has 0 spiro atoms. The van der Waals surface area contributed by atoms with Gasteiger partial charge in [-0.3, -0.25) is 0 Å². The largest absolute Gasteiger partial charge is 0.444 e. The number of halogens is 2. The van der Waals surface area contributed by atoms with Gasteiger partial charge in [0.05, 0.1) is 10.0 Å². The maximum absolute atomic E-state index is 12.7. The Hall–Kier alpha value is -1.71. The number of rotatable bonds is 3. The molecule has 1 aliphatic rings. The van der Waals surface area contributed by atoms with Gasteiger partial charge in [-0.1, -0.05) is 53.5 Å². The van der Waals surface area contributed by atoms with Crippen LogP contribution in [0.1, 0.15) is 43.4 Å². The van der Waals surface area contributed by atoms with Gasteiger partial charge in [0.15, 0.2) is 0 Å². The second kappa shape index (κ2) is 7.73. The normalized spacial score (nSPS) is 18.9. The van der Waals surface area contributed by atoms with Crippen molar-refractivity contribution in [2.45, 2.75) is 51.2 Å². The van der Waals surface area contributed by atoms with E-state index in [1.54, 1.807) is 4.90 Å². The van der Waals surface area contributed by atoms with Crippen LogP contribution in [0, 0.1) is 0 Å². The standard InChI is InChI=1S/C22H25Cl2NO2/c1-22(2,3)27-21(26)25(4)20-13-15-7-5-6-8-16(15)17(20)11-14-9-10-18(23)19(24)12-14/h5-10,12,17,20H,11,13H2,1-4H3/t17-,20+/m1/s1. The fraction of sp³-hybridized carbons (Fsp3) is 0.409. The van der Waals surface area contributed by atoms with Crippen LogP contribution in [0.5, 0.6) is 0 Å². The van der Waals surface area contributed by atoms with Crippen LogP contribution in [0.15, 0.2) is 42.5 Å². The molecule has 1 aliphatic carbocycles. The SMILES string of the molecule is CN(C(=O)OC(C)(C)C)[C@H]1Cc2ccccc2[C@H]1Cc1ccc(Cl)c(Cl)c1. The first kappa shape index (κ1) is 20.0. The van der Waals surface area contributed by atoms with E-state index >= 15 is 0 Å². The van der Waals surface area contributed by atoms with E-state index in [9.17, 15) is 4.79 Å². The molecule has 0 aromatic heterocycles. The second-order valence-corrected chi connectivity index (χ2v) is 8.94. The number of carbonyl (C=O) groups excluding carboxylic acids is 1. The van der Waals surface area contributed by atoms with Gasteiger partial charge in [0.2, 0.25) is 0 Å². The summed E-state index contributed by atoms with van der Waals surface area (Å²) in [6.07, 6.45) is 1.31. The first-order valence-corrected chi connectivity index (χ1v) is 9.89. The van der Waals surface area contributed by atoms with Gasteiger partial charge >= 0.3 is 6.09 Å². The molecule has 1 amide bonds. The fourth-order valence-corrected chi connectivity index (χ4v) is 4.02. The van der Waals surface area contributed by atoms with E-state index < -0.39 is 5.60 Å². The van der Waals surface area contributed by atoms with Crippen molar-refractivity contribution in [3.05, 3.63) is 69.2 Å². The Morgan fingerprint density at radius 2 is 1.85 bits per heavy atom. The average Bonchev–Trinajstić information content (AvgIpc) is 2.94. The molecule has 0 fully saturated rings. The number of likely N-dealkylation sites (N-methyl/N-ethyl adjacent to an activating group) is 1. The third kappa shape index (κ3) is 4.59. The van der Waals surface area contributed by atoms with Crippen molar-refractivity contribution < 1.29 is 9.53 Å². The number of nitrogens with zero attached hydrogens (tertiary/aromatic N) is 1. The van der Waals surface area contributed by atoms with Crippen LogP contribution in [-0.2, 0) is 17.6 Å². The zero-order chi connectivity index (χ0) is 19.8. The summed E-state index contributed by atoms with van der Waals surface area (Å²) < 4.78 is 5.59. The van der Waals surface area contributed by atoms with Crippen molar-refractivity contribution in [3.63, 3.8) is 0 Å². The van der Waals surface area contributed by atoms with Gasteiger partial charge in [0.25, 0.3) is 0 Å². The number of carbonyl (C=O) groups is 1. The van der Waals surface area contributed by atoms with Gasteiger partial charge in [0.1, 0.15) is 5.60 Å². The second-order valence-electron chi connectivity index (χ2n) is 8.12. The first-order valence-electron chi connectivity index (χ1n) is 9.13. The summed E-state index contributed by atoms with van der Waals surface area (Å²) >= 11 is 12.3. The Balaban J connectivity index is 1.88. The lowest BCUT2D eigenvalue weighted by molar-refractivity contribution is 0.0207. The fourth-order valence-electron chi connectivity index (χ4n) is 3.70. The van der Waals surface area contributed by atoms with E-state index in [2.05, 4.69) is 18.2 Å². The zero-order valence-electron chi connectivity index (χ0n) is 16.1. The quantitative estimate of drug-likeness (QED) is 0.615. The van der Waals surface area contributed by atoms with Crippen molar-refractivity contribution in [1.82, 2.24) is 4.90 Å². The van der Waals surface area contributed by atoms with Crippen LogP contribution in [0.25, 0.3) is 0 Å². The lowest BCUT2D eigenvalue weighted by atomic mass is 9.90. The maximum Gasteiger partial charge on any atom is 0.410 e. The minimum atomic E-state index is -0.518. The van der Waals surface area contributed by atoms with Crippen molar-refractivity contribution in [1.29, 1.82) is 0 Å². The molecule has 2 aromatic carbocycles. The van der Waals surface area contributed by atoms with Crippen LogP contribution < -0.4 is 0 Å². The Labute approximate surface area is 171 Å². The molecule has 0 N–H and O–H groups in total. The average molecular weight is 406 g/mol. The van der Waals surface area contributed by atoms with E-state index in [0.29, 0.717) is 10.0 Å². The topological polar surface area (TPSA) is 29.5 Å². The minimum absolute atomic E-state index is 0.0340. The van der Waals surface area contributed by atoms with Crippen LogP contribution in [0.4, 0.5) is 4.79 Å². The smallest absolute Gasteiger partial charge is 0.410 e. The summed E-state index contributed by atoms with van der Waals surface area (Å²) in [6, 6.07) is 14.2. The van der Waals surface area contributed by atoms with Crippen molar-refractivity contribution in [2.75, 3.05) is 7.05 Å². The molecule has 2 aromatic rings. The molecule has 2 atom stereocenters. The minimum Gasteiger partial charge on any atom is -0.444 e. The molecule has 3 rings (SSSR count). The molecule has 0 saturated carbocycles. The van der Waals surface area contributed by atoms with Crippen LogP contribution >= 0.6 is 23.2 Å². The Bertz CT molecular complexity index is 844. The first-order chi connectivity index (χ1) is 12.7. The van der Waals surface area contributed by atoms with Crippen LogP contribution in [0.3, 0.4) is 0 Å². The molecule has 0 bridgehead atoms. The highest BCUT2D eigenvalue weighted by Crippen LogP contribution is 2.39. The van der Waals surface area contributed by atoms with Crippen LogP contribution in [-0.4, -0.2) is 29.7 Å². The number of fused-ring (bicyclic) bond motifs is 1.